The molecule has 7 nitrogen and oxygen atoms in total. The van der Waals surface area contributed by atoms with Gasteiger partial charge in [-0.25, -0.2) is 0 Å². The van der Waals surface area contributed by atoms with E-state index in [4.69, 9.17) is 44.0 Å². The Morgan fingerprint density at radius 3 is 2.48 bits per heavy atom. The number of amides is 1. The van der Waals surface area contributed by atoms with Crippen LogP contribution in [0.3, 0.4) is 0 Å². The molecule has 31 heavy (non-hydrogen) atoms. The minimum Gasteiger partial charge on any atom is -0.483 e. The van der Waals surface area contributed by atoms with Gasteiger partial charge in [0, 0.05) is 56.6 Å². The van der Waals surface area contributed by atoms with Crippen molar-refractivity contribution < 1.29 is 13.9 Å². The van der Waals surface area contributed by atoms with E-state index < -0.39 is 0 Å². The second-order valence-corrected chi connectivity index (χ2v) is 8.59. The highest BCUT2D eigenvalue weighted by atomic mass is 35.5. The molecular weight excluding hydrogens is 463 g/mol. The van der Waals surface area contributed by atoms with Gasteiger partial charge in [-0.05, 0) is 24.3 Å². The van der Waals surface area contributed by atoms with Gasteiger partial charge >= 0.3 is 0 Å². The molecule has 1 aliphatic heterocycles. The normalized spacial score (nSPS) is 14.8. The van der Waals surface area contributed by atoms with Crippen LogP contribution in [0, 0.1) is 0 Å². The maximum atomic E-state index is 12.8. The van der Waals surface area contributed by atoms with Crippen molar-refractivity contribution in [1.29, 1.82) is 0 Å². The Balaban J connectivity index is 1.30. The summed E-state index contributed by atoms with van der Waals surface area (Å²) in [6.07, 6.45) is 3.88. The van der Waals surface area contributed by atoms with E-state index >= 15 is 0 Å². The summed E-state index contributed by atoms with van der Waals surface area (Å²) in [4.78, 5) is 16.9. The average Bonchev–Trinajstić information content (AvgIpc) is 3.36. The first-order chi connectivity index (χ1) is 14.9. The predicted octanol–water partition coefficient (Wildman–Crippen LogP) is 4.51. The molecule has 1 amide bonds. The van der Waals surface area contributed by atoms with E-state index in [1.54, 1.807) is 33.8 Å². The molecular formula is C21H21Cl3N4O3. The summed E-state index contributed by atoms with van der Waals surface area (Å²) in [5, 5.41) is 5.24. The summed E-state index contributed by atoms with van der Waals surface area (Å²) in [6, 6.07) is 6.47. The summed E-state index contributed by atoms with van der Waals surface area (Å²) >= 11 is 18.2. The van der Waals surface area contributed by atoms with Gasteiger partial charge in [-0.3, -0.25) is 14.4 Å². The largest absolute Gasteiger partial charge is 0.483 e. The second kappa shape index (κ2) is 9.53. The molecule has 164 valence electrons. The average molecular weight is 484 g/mol. The zero-order valence-corrected chi connectivity index (χ0v) is 19.1. The zero-order chi connectivity index (χ0) is 22.0. The van der Waals surface area contributed by atoms with Crippen LogP contribution in [-0.2, 0) is 20.2 Å². The van der Waals surface area contributed by atoms with Crippen LogP contribution in [0.2, 0.25) is 15.1 Å². The molecule has 2 aromatic heterocycles. The zero-order valence-electron chi connectivity index (χ0n) is 16.9. The molecule has 0 spiro atoms. The molecule has 0 unspecified atom stereocenters. The van der Waals surface area contributed by atoms with Gasteiger partial charge in [0.25, 0.3) is 5.91 Å². The topological polar surface area (TPSA) is 63.7 Å². The maximum Gasteiger partial charge on any atom is 0.289 e. The fourth-order valence-electron chi connectivity index (χ4n) is 3.46. The Morgan fingerprint density at radius 1 is 1.13 bits per heavy atom. The highest BCUT2D eigenvalue weighted by Gasteiger charge is 2.24. The monoisotopic (exact) mass is 482 g/mol. The van der Waals surface area contributed by atoms with Crippen LogP contribution in [0.25, 0.3) is 0 Å². The number of rotatable bonds is 6. The van der Waals surface area contributed by atoms with E-state index in [0.29, 0.717) is 39.7 Å². The van der Waals surface area contributed by atoms with E-state index in [0.717, 1.165) is 19.6 Å². The lowest BCUT2D eigenvalue weighted by molar-refractivity contribution is 0.0594. The first-order valence-electron chi connectivity index (χ1n) is 9.74. The van der Waals surface area contributed by atoms with Gasteiger partial charge in [0.15, 0.2) is 11.5 Å². The van der Waals surface area contributed by atoms with E-state index in [1.807, 2.05) is 19.4 Å². The first kappa shape index (κ1) is 22.0. The minimum absolute atomic E-state index is 0.0905. The van der Waals surface area contributed by atoms with E-state index in [9.17, 15) is 4.79 Å². The number of hydrogen-bond acceptors (Lipinski definition) is 5. The van der Waals surface area contributed by atoms with Crippen LogP contribution >= 0.6 is 34.8 Å². The third kappa shape index (κ3) is 5.36. The van der Waals surface area contributed by atoms with E-state index in [1.165, 1.54) is 5.56 Å². The fraction of sp³-hybridized carbons (Fsp3) is 0.333. The van der Waals surface area contributed by atoms with Crippen LogP contribution in [0.1, 0.15) is 21.9 Å². The van der Waals surface area contributed by atoms with Gasteiger partial charge in [-0.15, -0.1) is 0 Å². The summed E-state index contributed by atoms with van der Waals surface area (Å²) in [5.74, 6) is 0.977. The van der Waals surface area contributed by atoms with Crippen molar-refractivity contribution in [1.82, 2.24) is 19.6 Å². The third-order valence-electron chi connectivity index (χ3n) is 5.02. The molecule has 1 aliphatic rings. The minimum atomic E-state index is -0.130. The molecule has 0 atom stereocenters. The van der Waals surface area contributed by atoms with Gasteiger partial charge in [-0.2, -0.15) is 5.10 Å². The molecule has 1 fully saturated rings. The van der Waals surface area contributed by atoms with Crippen molar-refractivity contribution in [2.45, 2.75) is 13.2 Å². The highest BCUT2D eigenvalue weighted by Crippen LogP contribution is 2.36. The lowest BCUT2D eigenvalue weighted by Gasteiger charge is -2.34. The quantitative estimate of drug-likeness (QED) is 0.516. The predicted molar refractivity (Wildman–Crippen MR) is 119 cm³/mol. The molecule has 1 aromatic carbocycles. The molecule has 10 heteroatoms. The van der Waals surface area contributed by atoms with Crippen molar-refractivity contribution in [3.8, 4) is 5.75 Å². The molecule has 0 radical (unpaired) electrons. The number of nitrogens with zero attached hydrogens (tertiary/aromatic N) is 4. The van der Waals surface area contributed by atoms with Crippen LogP contribution in [0.15, 0.2) is 41.1 Å². The van der Waals surface area contributed by atoms with Gasteiger partial charge in [-0.1, -0.05) is 34.8 Å². The summed E-state index contributed by atoms with van der Waals surface area (Å²) in [5.41, 5.74) is 1.17. The Bertz CT molecular complexity index is 1050. The molecule has 0 N–H and O–H groups in total. The van der Waals surface area contributed by atoms with E-state index in [2.05, 4.69) is 10.00 Å². The molecule has 3 heterocycles. The molecule has 3 aromatic rings. The number of ether oxygens (including phenoxy) is 1. The van der Waals surface area contributed by atoms with Gasteiger partial charge in [0.1, 0.15) is 12.4 Å². The molecule has 1 saturated heterocycles. The van der Waals surface area contributed by atoms with Crippen LogP contribution in [-0.4, -0.2) is 51.7 Å². The number of aryl methyl sites for hydroxylation is 1. The molecule has 0 aliphatic carbocycles. The van der Waals surface area contributed by atoms with Crippen molar-refractivity contribution >= 4 is 40.7 Å². The van der Waals surface area contributed by atoms with Crippen LogP contribution in [0.5, 0.6) is 5.75 Å². The molecule has 0 bridgehead atoms. The van der Waals surface area contributed by atoms with Crippen molar-refractivity contribution in [3.05, 3.63) is 68.8 Å². The third-order valence-corrected chi connectivity index (χ3v) is 5.80. The van der Waals surface area contributed by atoms with Crippen molar-refractivity contribution in [2.75, 3.05) is 26.2 Å². The van der Waals surface area contributed by atoms with Gasteiger partial charge < -0.3 is 14.1 Å². The van der Waals surface area contributed by atoms with Crippen molar-refractivity contribution in [3.63, 3.8) is 0 Å². The van der Waals surface area contributed by atoms with Gasteiger partial charge in [0.05, 0.1) is 16.2 Å². The number of halogens is 3. The SMILES string of the molecule is Cn1cc(CN2CCN(C(=O)c3ccc(COc4c(Cl)cc(Cl)cc4Cl)o3)CC2)cn1. The number of benzene rings is 1. The second-order valence-electron chi connectivity index (χ2n) is 7.34. The maximum absolute atomic E-state index is 12.8. The van der Waals surface area contributed by atoms with Crippen LogP contribution in [0.4, 0.5) is 0 Å². The summed E-state index contributed by atoms with van der Waals surface area (Å²) in [6.45, 7) is 3.79. The molecule has 4 rings (SSSR count). The Hall–Kier alpha value is -2.19. The number of aromatic nitrogens is 2. The number of carbonyl (C=O) groups is 1. The van der Waals surface area contributed by atoms with Crippen LogP contribution < -0.4 is 4.74 Å². The molecule has 0 saturated carbocycles. The summed E-state index contributed by atoms with van der Waals surface area (Å²) in [7, 11) is 1.90. The Kier molecular flexibility index (Phi) is 6.77. The highest BCUT2D eigenvalue weighted by molar-refractivity contribution is 6.40. The lowest BCUT2D eigenvalue weighted by Crippen LogP contribution is -2.48. The number of hydrogen-bond donors (Lipinski definition) is 0. The van der Waals surface area contributed by atoms with E-state index in [-0.39, 0.29) is 18.3 Å². The fourth-order valence-corrected chi connectivity index (χ4v) is 4.38. The Morgan fingerprint density at radius 2 is 1.84 bits per heavy atom. The van der Waals surface area contributed by atoms with Crippen molar-refractivity contribution in [2.24, 2.45) is 7.05 Å². The lowest BCUT2D eigenvalue weighted by atomic mass is 10.2. The number of carbonyl (C=O) groups excluding carboxylic acids is 1. The number of piperazine rings is 1. The first-order valence-corrected chi connectivity index (χ1v) is 10.9. The number of furan rings is 1. The summed E-state index contributed by atoms with van der Waals surface area (Å²) < 4.78 is 13.2. The van der Waals surface area contributed by atoms with Gasteiger partial charge in [0.2, 0.25) is 0 Å². The smallest absolute Gasteiger partial charge is 0.289 e. The standard InChI is InChI=1S/C21H21Cl3N4O3/c1-26-11-14(10-25-26)12-27-4-6-28(7-5-27)21(29)19-3-2-16(31-19)13-30-20-17(23)8-15(22)9-18(20)24/h2-3,8-11H,4-7,12-13H2,1H3. The Labute approximate surface area is 195 Å².